The maximum atomic E-state index is 12.4. The molecule has 0 bridgehead atoms. The van der Waals surface area contributed by atoms with Crippen molar-refractivity contribution in [2.24, 2.45) is 0 Å². The lowest BCUT2D eigenvalue weighted by Gasteiger charge is -2.20. The van der Waals surface area contributed by atoms with Gasteiger partial charge in [0.2, 0.25) is 0 Å². The molecule has 0 aliphatic heterocycles. The van der Waals surface area contributed by atoms with Gasteiger partial charge in [0.05, 0.1) is 12.5 Å². The SMILES string of the molecule is COC(CNC(=O)C(F)(F)C(F)(F)F)CC(=O)O. The van der Waals surface area contributed by atoms with Crippen LogP contribution in [0.5, 0.6) is 0 Å². The summed E-state index contributed by atoms with van der Waals surface area (Å²) in [6, 6.07) is 0. The first-order chi connectivity index (χ1) is 8.02. The molecule has 0 aromatic heterocycles. The number of alkyl halides is 5. The highest BCUT2D eigenvalue weighted by molar-refractivity contribution is 5.84. The summed E-state index contributed by atoms with van der Waals surface area (Å²) in [5, 5.41) is 9.64. The van der Waals surface area contributed by atoms with Crippen molar-refractivity contribution >= 4 is 11.9 Å². The number of nitrogens with one attached hydrogen (secondary N) is 1. The highest BCUT2D eigenvalue weighted by Crippen LogP contribution is 2.35. The molecule has 0 fully saturated rings. The maximum Gasteiger partial charge on any atom is 0.463 e. The molecule has 1 unspecified atom stereocenters. The number of halogens is 5. The van der Waals surface area contributed by atoms with E-state index < -0.39 is 43.0 Å². The first-order valence-corrected chi connectivity index (χ1v) is 4.49. The number of carbonyl (C=O) groups is 2. The fourth-order valence-electron chi connectivity index (χ4n) is 0.880. The van der Waals surface area contributed by atoms with E-state index in [0.29, 0.717) is 0 Å². The zero-order chi connectivity index (χ0) is 14.6. The van der Waals surface area contributed by atoms with Crippen molar-refractivity contribution in [3.8, 4) is 0 Å². The molecule has 0 aliphatic rings. The second-order valence-corrected chi connectivity index (χ2v) is 3.24. The lowest BCUT2D eigenvalue weighted by Crippen LogP contribution is -2.52. The molecule has 18 heavy (non-hydrogen) atoms. The van der Waals surface area contributed by atoms with Gasteiger partial charge in [-0.25, -0.2) is 0 Å². The van der Waals surface area contributed by atoms with Gasteiger partial charge in [-0.2, -0.15) is 22.0 Å². The number of amides is 1. The van der Waals surface area contributed by atoms with Gasteiger partial charge in [-0.05, 0) is 0 Å². The molecule has 1 atom stereocenters. The van der Waals surface area contributed by atoms with Gasteiger partial charge in [-0.3, -0.25) is 9.59 Å². The Morgan fingerprint density at radius 1 is 1.28 bits per heavy atom. The largest absolute Gasteiger partial charge is 0.481 e. The predicted molar refractivity (Wildman–Crippen MR) is 47.1 cm³/mol. The van der Waals surface area contributed by atoms with Gasteiger partial charge < -0.3 is 15.2 Å². The third kappa shape index (κ3) is 4.43. The van der Waals surface area contributed by atoms with E-state index in [0.717, 1.165) is 7.11 Å². The molecule has 0 heterocycles. The molecular formula is C8H10F5NO4. The van der Waals surface area contributed by atoms with Crippen molar-refractivity contribution in [1.82, 2.24) is 5.32 Å². The monoisotopic (exact) mass is 279 g/mol. The lowest BCUT2D eigenvalue weighted by atomic mass is 10.2. The predicted octanol–water partition coefficient (Wildman–Crippen LogP) is 0.790. The Labute approximate surface area is 97.9 Å². The number of hydrogen-bond acceptors (Lipinski definition) is 3. The Hall–Kier alpha value is -1.45. The Morgan fingerprint density at radius 3 is 2.11 bits per heavy atom. The highest BCUT2D eigenvalue weighted by atomic mass is 19.4. The molecule has 0 aliphatic carbocycles. The summed E-state index contributed by atoms with van der Waals surface area (Å²) in [6.45, 7) is -0.771. The van der Waals surface area contributed by atoms with Crippen molar-refractivity contribution in [1.29, 1.82) is 0 Å². The van der Waals surface area contributed by atoms with Crippen molar-refractivity contribution in [3.63, 3.8) is 0 Å². The maximum absolute atomic E-state index is 12.4. The molecule has 0 saturated carbocycles. The fourth-order valence-corrected chi connectivity index (χ4v) is 0.880. The Morgan fingerprint density at radius 2 is 1.78 bits per heavy atom. The van der Waals surface area contributed by atoms with E-state index in [1.54, 1.807) is 0 Å². The van der Waals surface area contributed by atoms with Crippen LogP contribution in [0.3, 0.4) is 0 Å². The Balaban J connectivity index is 4.45. The van der Waals surface area contributed by atoms with Crippen molar-refractivity contribution in [2.75, 3.05) is 13.7 Å². The van der Waals surface area contributed by atoms with Crippen LogP contribution in [0, 0.1) is 0 Å². The molecule has 0 aromatic rings. The first kappa shape index (κ1) is 16.6. The number of carboxylic acids is 1. The van der Waals surface area contributed by atoms with Crippen LogP contribution in [0.15, 0.2) is 0 Å². The van der Waals surface area contributed by atoms with Gasteiger partial charge >= 0.3 is 18.1 Å². The van der Waals surface area contributed by atoms with E-state index in [-0.39, 0.29) is 0 Å². The number of carboxylic acid groups (broad SMARTS) is 1. The summed E-state index contributed by atoms with van der Waals surface area (Å²) >= 11 is 0. The lowest BCUT2D eigenvalue weighted by molar-refractivity contribution is -0.269. The summed E-state index contributed by atoms with van der Waals surface area (Å²) in [5.41, 5.74) is 0. The molecule has 106 valence electrons. The van der Waals surface area contributed by atoms with Crippen molar-refractivity contribution < 1.29 is 41.4 Å². The molecule has 1 amide bonds. The van der Waals surface area contributed by atoms with Crippen LogP contribution in [-0.4, -0.2) is 48.8 Å². The first-order valence-electron chi connectivity index (χ1n) is 4.49. The smallest absolute Gasteiger partial charge is 0.463 e. The number of carbonyl (C=O) groups excluding carboxylic acids is 1. The molecular weight excluding hydrogens is 269 g/mol. The minimum absolute atomic E-state index is 0.644. The molecule has 0 aromatic carbocycles. The molecule has 0 saturated heterocycles. The van der Waals surface area contributed by atoms with E-state index in [1.165, 1.54) is 5.32 Å². The number of aliphatic carboxylic acids is 1. The van der Waals surface area contributed by atoms with Gasteiger partial charge in [-0.15, -0.1) is 0 Å². The molecule has 5 nitrogen and oxygen atoms in total. The molecule has 0 radical (unpaired) electrons. The van der Waals surface area contributed by atoms with Crippen LogP contribution in [-0.2, 0) is 14.3 Å². The summed E-state index contributed by atoms with van der Waals surface area (Å²) in [6.07, 6.45) is -7.85. The summed E-state index contributed by atoms with van der Waals surface area (Å²) in [5.74, 6) is -9.43. The third-order valence-electron chi connectivity index (χ3n) is 1.87. The van der Waals surface area contributed by atoms with E-state index in [4.69, 9.17) is 5.11 Å². The summed E-state index contributed by atoms with van der Waals surface area (Å²) in [4.78, 5) is 20.9. The quantitative estimate of drug-likeness (QED) is 0.705. The van der Waals surface area contributed by atoms with Crippen LogP contribution in [0.2, 0.25) is 0 Å². The van der Waals surface area contributed by atoms with Crippen LogP contribution < -0.4 is 5.32 Å². The summed E-state index contributed by atoms with van der Waals surface area (Å²) < 4.78 is 64.7. The average molecular weight is 279 g/mol. The number of rotatable bonds is 6. The Bertz CT molecular complexity index is 317. The number of hydrogen-bond donors (Lipinski definition) is 2. The molecule has 0 rings (SSSR count). The zero-order valence-electron chi connectivity index (χ0n) is 9.05. The van der Waals surface area contributed by atoms with Crippen LogP contribution in [0.25, 0.3) is 0 Å². The topological polar surface area (TPSA) is 75.6 Å². The van der Waals surface area contributed by atoms with E-state index in [9.17, 15) is 31.5 Å². The van der Waals surface area contributed by atoms with Gasteiger partial charge in [0, 0.05) is 13.7 Å². The molecule has 10 heteroatoms. The van der Waals surface area contributed by atoms with Crippen LogP contribution >= 0.6 is 0 Å². The number of methoxy groups -OCH3 is 1. The van der Waals surface area contributed by atoms with Crippen LogP contribution in [0.4, 0.5) is 22.0 Å². The normalized spacial score (nSPS) is 14.1. The minimum Gasteiger partial charge on any atom is -0.481 e. The van der Waals surface area contributed by atoms with Gasteiger partial charge in [0.1, 0.15) is 0 Å². The molecule has 0 spiro atoms. The highest BCUT2D eigenvalue weighted by Gasteiger charge is 2.63. The summed E-state index contributed by atoms with van der Waals surface area (Å²) in [7, 11) is 1.03. The standard InChI is InChI=1S/C8H10F5NO4/c1-18-4(2-5(15)16)3-14-6(17)7(9,10)8(11,12)13/h4H,2-3H2,1H3,(H,14,17)(H,15,16). The molecule has 2 N–H and O–H groups in total. The van der Waals surface area contributed by atoms with E-state index in [1.807, 2.05) is 0 Å². The van der Waals surface area contributed by atoms with Crippen molar-refractivity contribution in [3.05, 3.63) is 0 Å². The van der Waals surface area contributed by atoms with E-state index in [2.05, 4.69) is 4.74 Å². The minimum atomic E-state index is -6.01. The third-order valence-corrected chi connectivity index (χ3v) is 1.87. The van der Waals surface area contributed by atoms with Gasteiger partial charge in [0.25, 0.3) is 5.91 Å². The fraction of sp³-hybridized carbons (Fsp3) is 0.750. The van der Waals surface area contributed by atoms with Gasteiger partial charge in [-0.1, -0.05) is 0 Å². The van der Waals surface area contributed by atoms with Crippen molar-refractivity contribution in [2.45, 2.75) is 24.6 Å². The number of ether oxygens (including phenoxy) is 1. The van der Waals surface area contributed by atoms with E-state index >= 15 is 0 Å². The average Bonchev–Trinajstić information content (AvgIpc) is 2.21. The Kier molecular flexibility index (Phi) is 5.46. The second-order valence-electron chi connectivity index (χ2n) is 3.24. The zero-order valence-corrected chi connectivity index (χ0v) is 9.05. The van der Waals surface area contributed by atoms with Gasteiger partial charge in [0.15, 0.2) is 0 Å². The van der Waals surface area contributed by atoms with Crippen LogP contribution in [0.1, 0.15) is 6.42 Å². The second kappa shape index (κ2) is 5.94.